The van der Waals surface area contributed by atoms with Crippen LogP contribution in [-0.4, -0.2) is 83.7 Å². The number of aliphatic hydroxyl groups excluding tert-OH is 1. The van der Waals surface area contributed by atoms with Crippen LogP contribution in [0.15, 0.2) is 82.8 Å². The number of hydrogen-bond donors (Lipinski definition) is 3. The van der Waals surface area contributed by atoms with E-state index >= 15 is 0 Å². The second-order valence-corrected chi connectivity index (χ2v) is 14.1. The number of ether oxygens (including phenoxy) is 2. The highest BCUT2D eigenvalue weighted by molar-refractivity contribution is 9.10. The molecule has 11 heteroatoms. The van der Waals surface area contributed by atoms with Crippen LogP contribution in [0, 0.1) is 0 Å². The monoisotopic (exact) mass is 744 g/mol. The Hall–Kier alpha value is -4.19. The molecule has 1 aliphatic carbocycles. The number of nitrogens with two attached hydrogens (primary N) is 1. The molecule has 50 heavy (non-hydrogen) atoms. The normalized spacial score (nSPS) is 18.5. The maximum atomic E-state index is 14.8. The van der Waals surface area contributed by atoms with Crippen molar-refractivity contribution in [2.24, 2.45) is 5.73 Å². The average Bonchev–Trinajstić information content (AvgIpc) is 3.96. The van der Waals surface area contributed by atoms with Crippen molar-refractivity contribution in [2.75, 3.05) is 32.9 Å². The van der Waals surface area contributed by atoms with Crippen molar-refractivity contribution < 1.29 is 29.0 Å². The molecule has 3 amide bonds. The zero-order valence-electron chi connectivity index (χ0n) is 28.2. The number of nitrogens with one attached hydrogen (secondary N) is 1. The van der Waals surface area contributed by atoms with E-state index in [-0.39, 0.29) is 49.4 Å². The van der Waals surface area contributed by atoms with E-state index in [1.54, 1.807) is 0 Å². The predicted octanol–water partition coefficient (Wildman–Crippen LogP) is 4.61. The molecule has 6 rings (SSSR count). The summed E-state index contributed by atoms with van der Waals surface area (Å²) in [5.74, 6) is 1.02. The highest BCUT2D eigenvalue weighted by Crippen LogP contribution is 2.38. The van der Waals surface area contributed by atoms with Crippen LogP contribution in [0.5, 0.6) is 11.5 Å². The Balaban J connectivity index is 1.24. The summed E-state index contributed by atoms with van der Waals surface area (Å²) in [7, 11) is 0. The van der Waals surface area contributed by atoms with Gasteiger partial charge in [-0.05, 0) is 90.8 Å². The minimum Gasteiger partial charge on any atom is -0.490 e. The zero-order valence-corrected chi connectivity index (χ0v) is 29.8. The Morgan fingerprint density at radius 3 is 2.20 bits per heavy atom. The Labute approximate surface area is 301 Å². The molecular weight excluding hydrogens is 700 g/mol. The van der Waals surface area contributed by atoms with Gasteiger partial charge in [0.1, 0.15) is 24.7 Å². The number of fused-ring (bicyclic) bond motifs is 2. The lowest BCUT2D eigenvalue weighted by atomic mass is 9.82. The molecule has 264 valence electrons. The molecule has 10 nitrogen and oxygen atoms in total. The second-order valence-electron chi connectivity index (χ2n) is 13.2. The van der Waals surface area contributed by atoms with Gasteiger partial charge in [0.05, 0.1) is 6.04 Å². The number of piperazine rings is 1. The predicted molar refractivity (Wildman–Crippen MR) is 194 cm³/mol. The van der Waals surface area contributed by atoms with Crippen molar-refractivity contribution in [1.82, 2.24) is 15.1 Å². The van der Waals surface area contributed by atoms with Gasteiger partial charge in [0.2, 0.25) is 11.8 Å². The standard InChI is InChI=1S/C39H45BrN4O6/c40-29-10-16-33(17-11-29)50-21-20-49-32-14-8-27(9-15-32)34-22-30-24-43(37(47)7-3-6-36(41)46)25-35(42-30)38(34)39(48)44(31-12-13-31)23-28-5-2-1-4-26(28)18-19-45/h1-2,4-5,8-11,14-17,30-31,35,42,45H,3,6-7,12-13,18-25H2,(H2,41,46)/t30?,35-/m1/s1. The van der Waals surface area contributed by atoms with Crippen molar-refractivity contribution >= 4 is 39.2 Å². The van der Waals surface area contributed by atoms with Gasteiger partial charge >= 0.3 is 0 Å². The number of rotatable bonds is 16. The Bertz CT molecular complexity index is 1690. The van der Waals surface area contributed by atoms with Crippen LogP contribution in [0.3, 0.4) is 0 Å². The molecule has 1 saturated carbocycles. The molecule has 3 aromatic carbocycles. The highest BCUT2D eigenvalue weighted by atomic mass is 79.9. The number of carbonyl (C=O) groups is 3. The van der Waals surface area contributed by atoms with Crippen molar-refractivity contribution in [2.45, 2.75) is 69.6 Å². The second kappa shape index (κ2) is 16.7. The lowest BCUT2D eigenvalue weighted by molar-refractivity contribution is -0.134. The summed E-state index contributed by atoms with van der Waals surface area (Å²) in [6, 6.07) is 23.3. The summed E-state index contributed by atoms with van der Waals surface area (Å²) < 4.78 is 12.8. The SMILES string of the molecule is NC(=O)CCCC(=O)N1CC2CC(c3ccc(OCCOc4ccc(Br)cc4)cc3)=C(C(=O)N(Cc3ccccc3CCO)C3CC3)[C@@H](C1)N2. The van der Waals surface area contributed by atoms with Crippen LogP contribution < -0.4 is 20.5 Å². The van der Waals surface area contributed by atoms with Crippen LogP contribution in [0.25, 0.3) is 5.57 Å². The lowest BCUT2D eigenvalue weighted by Crippen LogP contribution is -2.62. The molecule has 2 fully saturated rings. The largest absolute Gasteiger partial charge is 0.490 e. The third kappa shape index (κ3) is 9.12. The fourth-order valence-electron chi connectivity index (χ4n) is 6.91. The van der Waals surface area contributed by atoms with Gasteiger partial charge in [-0.1, -0.05) is 52.3 Å². The van der Waals surface area contributed by atoms with E-state index in [2.05, 4.69) is 21.2 Å². The fraction of sp³-hybridized carbons (Fsp3) is 0.410. The molecule has 2 bridgehead atoms. The first-order valence-electron chi connectivity index (χ1n) is 17.4. The number of nitrogens with zero attached hydrogens (tertiary/aromatic N) is 2. The molecule has 4 N–H and O–H groups in total. The van der Waals surface area contributed by atoms with Crippen molar-refractivity contribution in [3.8, 4) is 11.5 Å². The van der Waals surface area contributed by atoms with Crippen LogP contribution in [0.4, 0.5) is 0 Å². The molecule has 2 heterocycles. The van der Waals surface area contributed by atoms with E-state index in [0.717, 1.165) is 45.3 Å². The number of hydrogen-bond acceptors (Lipinski definition) is 7. The quantitative estimate of drug-likeness (QED) is 0.183. The van der Waals surface area contributed by atoms with E-state index < -0.39 is 5.91 Å². The number of carbonyl (C=O) groups excluding carboxylic acids is 3. The minimum atomic E-state index is -0.415. The van der Waals surface area contributed by atoms with Gasteiger partial charge in [0.25, 0.3) is 5.91 Å². The van der Waals surface area contributed by atoms with Gasteiger partial charge < -0.3 is 35.4 Å². The first kappa shape index (κ1) is 35.6. The van der Waals surface area contributed by atoms with Crippen LogP contribution in [-0.2, 0) is 27.3 Å². The molecule has 3 aromatic rings. The van der Waals surface area contributed by atoms with Crippen LogP contribution in [0.1, 0.15) is 55.2 Å². The summed E-state index contributed by atoms with van der Waals surface area (Å²) in [5, 5.41) is 13.4. The Morgan fingerprint density at radius 2 is 1.56 bits per heavy atom. The number of primary amides is 1. The topological polar surface area (TPSA) is 134 Å². The lowest BCUT2D eigenvalue weighted by Gasteiger charge is -2.45. The Morgan fingerprint density at radius 1 is 0.900 bits per heavy atom. The summed E-state index contributed by atoms with van der Waals surface area (Å²) in [6.07, 6.45) is 3.83. The van der Waals surface area contributed by atoms with E-state index in [4.69, 9.17) is 15.2 Å². The number of amides is 3. The summed E-state index contributed by atoms with van der Waals surface area (Å²) in [6.45, 7) is 2.18. The third-order valence-electron chi connectivity index (χ3n) is 9.53. The first-order valence-corrected chi connectivity index (χ1v) is 18.2. The highest BCUT2D eigenvalue weighted by Gasteiger charge is 2.43. The molecule has 0 radical (unpaired) electrons. The first-order chi connectivity index (χ1) is 24.3. The van der Waals surface area contributed by atoms with Crippen molar-refractivity contribution in [3.05, 3.63) is 99.5 Å². The van der Waals surface area contributed by atoms with E-state index in [9.17, 15) is 19.5 Å². The zero-order chi connectivity index (χ0) is 35.0. The van der Waals surface area contributed by atoms with Crippen LogP contribution >= 0.6 is 15.9 Å². The minimum absolute atomic E-state index is 0.0215. The maximum Gasteiger partial charge on any atom is 0.252 e. The summed E-state index contributed by atoms with van der Waals surface area (Å²) in [5.41, 5.74) is 10.0. The molecule has 1 saturated heterocycles. The third-order valence-corrected chi connectivity index (χ3v) is 10.1. The summed E-state index contributed by atoms with van der Waals surface area (Å²) in [4.78, 5) is 43.2. The molecule has 1 unspecified atom stereocenters. The summed E-state index contributed by atoms with van der Waals surface area (Å²) >= 11 is 3.43. The van der Waals surface area contributed by atoms with E-state index in [0.29, 0.717) is 63.4 Å². The molecule has 2 aliphatic heterocycles. The molecular formula is C39H45BrN4O6. The number of benzene rings is 3. The average molecular weight is 746 g/mol. The van der Waals surface area contributed by atoms with Crippen molar-refractivity contribution in [1.29, 1.82) is 0 Å². The number of aliphatic hydroxyl groups is 1. The van der Waals surface area contributed by atoms with E-state index in [1.165, 1.54) is 0 Å². The van der Waals surface area contributed by atoms with Crippen molar-refractivity contribution in [3.63, 3.8) is 0 Å². The number of halogens is 1. The molecule has 0 spiro atoms. The van der Waals surface area contributed by atoms with Gasteiger partial charge in [0, 0.05) is 61.2 Å². The molecule has 0 aromatic heterocycles. The smallest absolute Gasteiger partial charge is 0.252 e. The van der Waals surface area contributed by atoms with E-state index in [1.807, 2.05) is 82.6 Å². The van der Waals surface area contributed by atoms with Crippen LogP contribution in [0.2, 0.25) is 0 Å². The Kier molecular flexibility index (Phi) is 11.9. The van der Waals surface area contributed by atoms with Gasteiger partial charge in [-0.25, -0.2) is 0 Å². The molecule has 3 aliphatic rings. The van der Waals surface area contributed by atoms with Gasteiger partial charge in [0.15, 0.2) is 0 Å². The maximum absolute atomic E-state index is 14.8. The fourth-order valence-corrected chi connectivity index (χ4v) is 7.18. The van der Waals surface area contributed by atoms with Gasteiger partial charge in [-0.15, -0.1) is 0 Å². The van der Waals surface area contributed by atoms with Gasteiger partial charge in [-0.2, -0.15) is 0 Å². The molecule has 2 atom stereocenters. The van der Waals surface area contributed by atoms with Gasteiger partial charge in [-0.3, -0.25) is 14.4 Å².